The van der Waals surface area contributed by atoms with Crippen LogP contribution in [0.4, 0.5) is 29.5 Å². The number of urea groups is 1. The standard InChI is InChI=1S/C20H19F3N4O.C11H11IN2.C11H12N2.C8H7IN2.C6H7IN2/c1-12-7-18-24-9-17(27(18)10-16(12)13-5-6-13)14-3-2-4-15(8-14)26-19(28)25-11-20(21,22)23;1-7-4-11-13-5-10(12)14(11)6-9(7)8-2-3-8;1-8-6-11-12-4-5-13(11)7-10(8)9-2-3-9;1-6-4-8-10-2-3-11(8)5-7(6)9;1-4-2-6(8)9-3-5(4)7/h2-4,7-10,13H,5-6,11H2,1H3,(H2,25,26,28);4-6,8H,2-3H2,1H3;4-7,9H,2-3H2,1H3;2-5H,1H3;2-3H,1H3,(H2,8,9). The number of nitrogens with zero attached hydrogens (tertiary/aromatic N) is 9. The van der Waals surface area contributed by atoms with E-state index in [0.717, 1.165) is 49.3 Å². The number of nitrogens with two attached hydrogens (primary N) is 1. The fraction of sp³-hybridized carbons (Fsp3) is 0.286. The minimum atomic E-state index is -4.45. The zero-order chi connectivity index (χ0) is 53.1. The van der Waals surface area contributed by atoms with E-state index in [1.807, 2.05) is 58.8 Å². The Morgan fingerprint density at radius 1 is 0.613 bits per heavy atom. The molecule has 3 saturated carbocycles. The van der Waals surface area contributed by atoms with E-state index in [2.05, 4.69) is 184 Å². The van der Waals surface area contributed by atoms with Crippen LogP contribution < -0.4 is 16.4 Å². The molecular weight excluding hydrogens is 1290 g/mol. The third-order valence-corrected chi connectivity index (χ3v) is 16.2. The summed E-state index contributed by atoms with van der Waals surface area (Å²) in [5.74, 6) is 2.84. The van der Waals surface area contributed by atoms with Gasteiger partial charge in [-0.1, -0.05) is 12.1 Å². The van der Waals surface area contributed by atoms with Crippen molar-refractivity contribution in [1.29, 1.82) is 0 Å². The molecule has 0 unspecified atom stereocenters. The summed E-state index contributed by atoms with van der Waals surface area (Å²) in [5.41, 5.74) is 22.3. The van der Waals surface area contributed by atoms with Crippen molar-refractivity contribution in [2.45, 2.75) is 97.1 Å². The summed E-state index contributed by atoms with van der Waals surface area (Å²) in [6.07, 6.45) is 25.2. The second kappa shape index (κ2) is 23.2. The normalized spacial score (nSPS) is 14.0. The number of anilines is 2. The first-order valence-electron chi connectivity index (χ1n) is 24.6. The second-order valence-corrected chi connectivity index (χ2v) is 22.7. The molecule has 3 aliphatic rings. The van der Waals surface area contributed by atoms with Crippen LogP contribution in [0.2, 0.25) is 0 Å². The number of aromatic nitrogens is 9. The van der Waals surface area contributed by atoms with Gasteiger partial charge in [-0.15, -0.1) is 0 Å². The largest absolute Gasteiger partial charge is 0.405 e. The van der Waals surface area contributed by atoms with Crippen LogP contribution in [0.25, 0.3) is 33.8 Å². The lowest BCUT2D eigenvalue weighted by Crippen LogP contribution is -2.36. The van der Waals surface area contributed by atoms with Gasteiger partial charge >= 0.3 is 12.2 Å². The fourth-order valence-electron chi connectivity index (χ4n) is 8.70. The van der Waals surface area contributed by atoms with Crippen molar-refractivity contribution in [2.75, 3.05) is 17.6 Å². The van der Waals surface area contributed by atoms with Crippen LogP contribution in [-0.2, 0) is 0 Å². The van der Waals surface area contributed by atoms with Gasteiger partial charge in [0.1, 0.15) is 38.7 Å². The number of hydrogen-bond donors (Lipinski definition) is 3. The van der Waals surface area contributed by atoms with Gasteiger partial charge in [-0.25, -0.2) is 29.7 Å². The van der Waals surface area contributed by atoms with Gasteiger partial charge in [0.2, 0.25) is 0 Å². The highest BCUT2D eigenvalue weighted by molar-refractivity contribution is 14.1. The molecule has 0 atom stereocenters. The first-order valence-corrected chi connectivity index (χ1v) is 27.8. The van der Waals surface area contributed by atoms with Crippen molar-refractivity contribution in [1.82, 2.24) is 47.8 Å². The zero-order valence-corrected chi connectivity index (χ0v) is 48.5. The number of carbonyl (C=O) groups is 1. The molecule has 0 spiro atoms. The molecule has 1 aromatic carbocycles. The maximum absolute atomic E-state index is 12.2. The quantitative estimate of drug-likeness (QED) is 0.140. The van der Waals surface area contributed by atoms with Gasteiger partial charge < -0.3 is 25.2 Å². The minimum Gasteiger partial charge on any atom is -0.384 e. The Balaban J connectivity index is 0.000000123. The Labute approximate surface area is 473 Å². The monoisotopic (exact) mass is 1350 g/mol. The zero-order valence-electron chi connectivity index (χ0n) is 42.0. The number of amides is 2. The lowest BCUT2D eigenvalue weighted by atomic mass is 10.1. The van der Waals surface area contributed by atoms with Crippen molar-refractivity contribution >= 4 is 108 Å². The number of aryl methyl sites for hydroxylation is 5. The molecule has 4 N–H and O–H groups in total. The third-order valence-electron chi connectivity index (χ3n) is 13.2. The van der Waals surface area contributed by atoms with Gasteiger partial charge in [0.05, 0.1) is 18.1 Å². The van der Waals surface area contributed by atoms with E-state index in [-0.39, 0.29) is 0 Å². The first kappa shape index (κ1) is 54.0. The number of hydrogen-bond acceptors (Lipinski definition) is 7. The summed E-state index contributed by atoms with van der Waals surface area (Å²) >= 11 is 6.87. The SMILES string of the molecule is Cc1cc(N)ncc1I.Cc1cc2ncc(-c3cccc(NC(=O)NCC(F)(F)F)c3)n2cc1C1CC1.Cc1cc2ncc(I)n2cc1C1CC1.Cc1cc2nccn2cc1C1CC1.Cc1cc2nccn2cc1I. The lowest BCUT2D eigenvalue weighted by molar-refractivity contribution is -0.122. The molecule has 0 radical (unpaired) electrons. The molecule has 388 valence electrons. The molecule has 9 aromatic heterocycles. The smallest absolute Gasteiger partial charge is 0.384 e. The number of fused-ring (bicyclic) bond motifs is 4. The van der Waals surface area contributed by atoms with Crippen molar-refractivity contribution in [3.8, 4) is 11.3 Å². The van der Waals surface area contributed by atoms with Gasteiger partial charge in [0.15, 0.2) is 0 Å². The molecule has 3 aliphatic carbocycles. The van der Waals surface area contributed by atoms with E-state index in [1.165, 1.54) is 90.3 Å². The lowest BCUT2D eigenvalue weighted by Gasteiger charge is -2.11. The second-order valence-electron chi connectivity index (χ2n) is 19.3. The Hall–Kier alpha value is -5.82. The van der Waals surface area contributed by atoms with Crippen molar-refractivity contribution < 1.29 is 18.0 Å². The Kier molecular flexibility index (Phi) is 16.7. The van der Waals surface area contributed by atoms with Gasteiger partial charge in [-0.3, -0.25) is 8.80 Å². The summed E-state index contributed by atoms with van der Waals surface area (Å²) in [6, 6.07) is 16.4. The number of alkyl halides is 3. The molecule has 13 nitrogen and oxygen atoms in total. The maximum atomic E-state index is 12.2. The summed E-state index contributed by atoms with van der Waals surface area (Å²) in [7, 11) is 0. The van der Waals surface area contributed by atoms with E-state index < -0.39 is 18.8 Å². The maximum Gasteiger partial charge on any atom is 0.405 e. The number of carbonyl (C=O) groups excluding carboxylic acids is 1. The number of nitrogens with one attached hydrogen (secondary N) is 2. The third kappa shape index (κ3) is 14.0. The van der Waals surface area contributed by atoms with Crippen molar-refractivity contribution in [2.24, 2.45) is 0 Å². The van der Waals surface area contributed by atoms with Crippen LogP contribution in [0.3, 0.4) is 0 Å². The number of halogens is 6. The average molecular weight is 1350 g/mol. The number of nitrogen functional groups attached to an aromatic ring is 1. The minimum absolute atomic E-state index is 0.404. The molecule has 19 heteroatoms. The van der Waals surface area contributed by atoms with Crippen LogP contribution >= 0.6 is 67.8 Å². The van der Waals surface area contributed by atoms with Gasteiger partial charge in [0, 0.05) is 74.2 Å². The topological polar surface area (TPSA) is 149 Å². The van der Waals surface area contributed by atoms with Gasteiger partial charge in [-0.05, 0) is 246 Å². The molecule has 0 bridgehead atoms. The summed E-state index contributed by atoms with van der Waals surface area (Å²) in [6.45, 7) is 9.19. The number of benzene rings is 1. The molecule has 75 heavy (non-hydrogen) atoms. The van der Waals surface area contributed by atoms with E-state index in [0.29, 0.717) is 17.4 Å². The highest BCUT2D eigenvalue weighted by atomic mass is 127. The highest BCUT2D eigenvalue weighted by Crippen LogP contribution is 2.43. The van der Waals surface area contributed by atoms with Crippen LogP contribution in [0.5, 0.6) is 0 Å². The number of pyridine rings is 5. The predicted molar refractivity (Wildman–Crippen MR) is 316 cm³/mol. The number of imidazole rings is 4. The van der Waals surface area contributed by atoms with E-state index in [4.69, 9.17) is 5.73 Å². The van der Waals surface area contributed by atoms with Crippen molar-refractivity contribution in [3.05, 3.63) is 178 Å². The predicted octanol–water partition coefficient (Wildman–Crippen LogP) is 14.3. The first-order chi connectivity index (χ1) is 35.9. The molecular formula is C56H56F3I3N12O. The van der Waals surface area contributed by atoms with Crippen LogP contribution in [0, 0.1) is 45.5 Å². The Bertz CT molecular complexity index is 3630. The molecule has 3 fully saturated rings. The van der Waals surface area contributed by atoms with E-state index >= 15 is 0 Å². The average Bonchev–Trinajstić information content (AvgIpc) is 4.35. The number of rotatable bonds is 6. The van der Waals surface area contributed by atoms with E-state index in [9.17, 15) is 18.0 Å². The molecule has 2 amide bonds. The van der Waals surface area contributed by atoms with Crippen LogP contribution in [0.1, 0.15) is 101 Å². The summed E-state index contributed by atoms with van der Waals surface area (Å²) in [4.78, 5) is 32.9. The van der Waals surface area contributed by atoms with Gasteiger partial charge in [-0.2, -0.15) is 13.2 Å². The van der Waals surface area contributed by atoms with Crippen LogP contribution in [-0.4, -0.2) is 61.3 Å². The highest BCUT2D eigenvalue weighted by Gasteiger charge is 2.29. The molecule has 13 rings (SSSR count). The van der Waals surface area contributed by atoms with Crippen LogP contribution in [0.15, 0.2) is 123 Å². The molecule has 0 aliphatic heterocycles. The molecule has 10 aromatic rings. The van der Waals surface area contributed by atoms with Gasteiger partial charge in [0.25, 0.3) is 0 Å². The molecule has 9 heterocycles. The summed E-state index contributed by atoms with van der Waals surface area (Å²) in [5, 5.41) is 4.23. The van der Waals surface area contributed by atoms with Crippen molar-refractivity contribution in [3.63, 3.8) is 0 Å². The van der Waals surface area contributed by atoms with E-state index in [1.54, 1.807) is 35.9 Å². The Morgan fingerprint density at radius 2 is 1.13 bits per heavy atom. The Morgan fingerprint density at radius 3 is 1.71 bits per heavy atom. The molecule has 0 saturated heterocycles. The fourth-order valence-corrected chi connectivity index (χ4v) is 9.98. The summed E-state index contributed by atoms with van der Waals surface area (Å²) < 4.78 is 48.6.